The normalized spacial score (nSPS) is 22.9. The molecule has 0 aliphatic heterocycles. The minimum Gasteiger partial charge on any atom is -0.484 e. The van der Waals surface area contributed by atoms with E-state index >= 15 is 0 Å². The fourth-order valence-electron chi connectivity index (χ4n) is 2.57. The van der Waals surface area contributed by atoms with Crippen molar-refractivity contribution >= 4 is 5.69 Å². The van der Waals surface area contributed by atoms with Gasteiger partial charge in [-0.1, -0.05) is 12.8 Å². The molecule has 0 bridgehead atoms. The molecule has 0 saturated heterocycles. The van der Waals surface area contributed by atoms with E-state index in [4.69, 9.17) is 4.74 Å². The lowest BCUT2D eigenvalue weighted by Crippen LogP contribution is -2.37. The average Bonchev–Trinajstić information content (AvgIpc) is 2.46. The van der Waals surface area contributed by atoms with Gasteiger partial charge < -0.3 is 14.8 Å². The molecule has 2 rings (SSSR count). The van der Waals surface area contributed by atoms with Crippen molar-refractivity contribution in [3.8, 4) is 5.75 Å². The number of ether oxygens (including phenoxy) is 2. The molecule has 6 heteroatoms. The number of hydrogen-bond acceptors (Lipinski definition) is 3. The fourth-order valence-corrected chi connectivity index (χ4v) is 2.57. The van der Waals surface area contributed by atoms with E-state index < -0.39 is 12.8 Å². The largest absolute Gasteiger partial charge is 0.484 e. The summed E-state index contributed by atoms with van der Waals surface area (Å²) in [5, 5.41) is 3.38. The first-order valence-electron chi connectivity index (χ1n) is 7.07. The lowest BCUT2D eigenvalue weighted by Gasteiger charge is -2.31. The van der Waals surface area contributed by atoms with Crippen molar-refractivity contribution in [2.24, 2.45) is 0 Å². The Hall–Kier alpha value is -1.43. The van der Waals surface area contributed by atoms with Crippen LogP contribution in [0.25, 0.3) is 0 Å². The van der Waals surface area contributed by atoms with Gasteiger partial charge in [-0.2, -0.15) is 13.2 Å². The van der Waals surface area contributed by atoms with E-state index in [0.29, 0.717) is 0 Å². The molecular formula is C15H20F3NO2. The zero-order chi connectivity index (χ0) is 15.3. The number of methoxy groups -OCH3 is 1. The molecule has 0 heterocycles. The van der Waals surface area contributed by atoms with E-state index in [0.717, 1.165) is 24.9 Å². The molecule has 1 aromatic rings. The number of anilines is 1. The van der Waals surface area contributed by atoms with Crippen molar-refractivity contribution in [2.75, 3.05) is 19.0 Å². The Morgan fingerprint density at radius 3 is 2.43 bits per heavy atom. The maximum absolute atomic E-state index is 12.1. The van der Waals surface area contributed by atoms with Crippen LogP contribution in [-0.4, -0.2) is 32.0 Å². The topological polar surface area (TPSA) is 30.5 Å². The first kappa shape index (κ1) is 15.9. The highest BCUT2D eigenvalue weighted by molar-refractivity contribution is 5.47. The summed E-state index contributed by atoms with van der Waals surface area (Å²) in [6.45, 7) is -1.27. The van der Waals surface area contributed by atoms with Gasteiger partial charge in [-0.25, -0.2) is 0 Å². The predicted molar refractivity (Wildman–Crippen MR) is 74.7 cm³/mol. The van der Waals surface area contributed by atoms with Crippen LogP contribution in [0.5, 0.6) is 5.75 Å². The van der Waals surface area contributed by atoms with E-state index in [1.54, 1.807) is 31.4 Å². The number of benzene rings is 1. The van der Waals surface area contributed by atoms with Crippen LogP contribution in [0.2, 0.25) is 0 Å². The molecule has 0 amide bonds. The van der Waals surface area contributed by atoms with Crippen molar-refractivity contribution in [3.05, 3.63) is 24.3 Å². The van der Waals surface area contributed by atoms with Gasteiger partial charge in [0.1, 0.15) is 5.75 Å². The minimum absolute atomic E-state index is 0.180. The van der Waals surface area contributed by atoms with Crippen LogP contribution in [0.1, 0.15) is 25.7 Å². The quantitative estimate of drug-likeness (QED) is 0.892. The maximum Gasteiger partial charge on any atom is 0.422 e. The van der Waals surface area contributed by atoms with Gasteiger partial charge >= 0.3 is 6.18 Å². The summed E-state index contributed by atoms with van der Waals surface area (Å²) < 4.78 is 46.3. The summed E-state index contributed by atoms with van der Waals surface area (Å²) in [5.41, 5.74) is 0.864. The highest BCUT2D eigenvalue weighted by Gasteiger charge is 2.28. The van der Waals surface area contributed by atoms with E-state index in [1.165, 1.54) is 6.42 Å². The van der Waals surface area contributed by atoms with Crippen LogP contribution in [-0.2, 0) is 4.74 Å². The van der Waals surface area contributed by atoms with Crippen molar-refractivity contribution in [3.63, 3.8) is 0 Å². The van der Waals surface area contributed by atoms with Gasteiger partial charge in [-0.05, 0) is 37.1 Å². The summed E-state index contributed by atoms with van der Waals surface area (Å²) in [7, 11) is 1.71. The Morgan fingerprint density at radius 2 is 1.81 bits per heavy atom. The van der Waals surface area contributed by atoms with Crippen LogP contribution in [0.15, 0.2) is 24.3 Å². The second-order valence-electron chi connectivity index (χ2n) is 5.24. The van der Waals surface area contributed by atoms with Crippen LogP contribution >= 0.6 is 0 Å². The number of nitrogens with one attached hydrogen (secondary N) is 1. The van der Waals surface area contributed by atoms with Crippen LogP contribution in [0.4, 0.5) is 18.9 Å². The van der Waals surface area contributed by atoms with Gasteiger partial charge in [-0.3, -0.25) is 0 Å². The van der Waals surface area contributed by atoms with Crippen molar-refractivity contribution in [1.29, 1.82) is 0 Å². The molecule has 1 N–H and O–H groups in total. The molecule has 1 aliphatic rings. The van der Waals surface area contributed by atoms with Gasteiger partial charge in [0.15, 0.2) is 6.61 Å². The standard InChI is InChI=1S/C15H20F3NO2/c1-20-14-5-3-2-4-13(14)19-11-6-8-12(9-7-11)21-10-15(16,17)18/h6-9,13-14,19H,2-5,10H2,1H3. The second-order valence-corrected chi connectivity index (χ2v) is 5.24. The van der Waals surface area contributed by atoms with Crippen molar-refractivity contribution in [2.45, 2.75) is 44.0 Å². The van der Waals surface area contributed by atoms with Gasteiger partial charge in [-0.15, -0.1) is 0 Å². The van der Waals surface area contributed by atoms with Crippen LogP contribution in [0, 0.1) is 0 Å². The van der Waals surface area contributed by atoms with Crippen molar-refractivity contribution in [1.82, 2.24) is 0 Å². The Kier molecular flexibility index (Phi) is 5.33. The highest BCUT2D eigenvalue weighted by atomic mass is 19.4. The Morgan fingerprint density at radius 1 is 1.14 bits per heavy atom. The SMILES string of the molecule is COC1CCCCC1Nc1ccc(OCC(F)(F)F)cc1. The number of hydrogen-bond donors (Lipinski definition) is 1. The Labute approximate surface area is 122 Å². The molecule has 1 aliphatic carbocycles. The molecule has 118 valence electrons. The average molecular weight is 303 g/mol. The third kappa shape index (κ3) is 5.12. The summed E-state index contributed by atoms with van der Waals surface area (Å²) in [5.74, 6) is 0.213. The zero-order valence-corrected chi connectivity index (χ0v) is 12.0. The van der Waals surface area contributed by atoms with Gasteiger partial charge in [0.2, 0.25) is 0 Å². The molecular weight excluding hydrogens is 283 g/mol. The smallest absolute Gasteiger partial charge is 0.422 e. The Bertz CT molecular complexity index is 434. The summed E-state index contributed by atoms with van der Waals surface area (Å²) >= 11 is 0. The molecule has 21 heavy (non-hydrogen) atoms. The fraction of sp³-hybridized carbons (Fsp3) is 0.600. The Balaban J connectivity index is 1.89. The lowest BCUT2D eigenvalue weighted by atomic mass is 9.92. The maximum atomic E-state index is 12.1. The number of halogens is 3. The molecule has 0 spiro atoms. The molecule has 3 nitrogen and oxygen atoms in total. The van der Waals surface area contributed by atoms with E-state index in [1.807, 2.05) is 0 Å². The van der Waals surface area contributed by atoms with Gasteiger partial charge in [0.25, 0.3) is 0 Å². The van der Waals surface area contributed by atoms with E-state index in [9.17, 15) is 13.2 Å². The third-order valence-electron chi connectivity index (χ3n) is 3.61. The molecule has 1 aromatic carbocycles. The van der Waals surface area contributed by atoms with E-state index in [-0.39, 0.29) is 17.9 Å². The molecule has 2 unspecified atom stereocenters. The summed E-state index contributed by atoms with van der Waals surface area (Å²) in [6, 6.07) is 6.78. The van der Waals surface area contributed by atoms with Crippen LogP contribution < -0.4 is 10.1 Å². The first-order valence-corrected chi connectivity index (χ1v) is 7.07. The molecule has 1 fully saturated rings. The first-order chi connectivity index (χ1) is 9.98. The predicted octanol–water partition coefficient (Wildman–Crippen LogP) is 4.00. The zero-order valence-electron chi connectivity index (χ0n) is 12.0. The van der Waals surface area contributed by atoms with Gasteiger partial charge in [0, 0.05) is 12.8 Å². The van der Waals surface area contributed by atoms with Crippen LogP contribution in [0.3, 0.4) is 0 Å². The van der Waals surface area contributed by atoms with E-state index in [2.05, 4.69) is 10.1 Å². The molecule has 1 saturated carbocycles. The monoisotopic (exact) mass is 303 g/mol. The molecule has 0 radical (unpaired) electrons. The van der Waals surface area contributed by atoms with Crippen molar-refractivity contribution < 1.29 is 22.6 Å². The second kappa shape index (κ2) is 7.02. The molecule has 0 aromatic heterocycles. The summed E-state index contributed by atoms with van der Waals surface area (Å²) in [4.78, 5) is 0. The third-order valence-corrected chi connectivity index (χ3v) is 3.61. The minimum atomic E-state index is -4.31. The number of alkyl halides is 3. The molecule has 2 atom stereocenters. The van der Waals surface area contributed by atoms with Gasteiger partial charge in [0.05, 0.1) is 12.1 Å². The lowest BCUT2D eigenvalue weighted by molar-refractivity contribution is -0.153. The highest BCUT2D eigenvalue weighted by Crippen LogP contribution is 2.25. The number of rotatable bonds is 5. The summed E-state index contributed by atoms with van der Waals surface area (Å²) in [6.07, 6.45) is 0.252.